The highest BCUT2D eigenvalue weighted by Crippen LogP contribution is 2.32. The van der Waals surface area contributed by atoms with E-state index in [1.807, 2.05) is 65.0 Å². The summed E-state index contributed by atoms with van der Waals surface area (Å²) in [5.41, 5.74) is 3.04. The molecule has 1 heterocycles. The summed E-state index contributed by atoms with van der Waals surface area (Å²) in [6.45, 7) is 9.76. The molecule has 0 aliphatic carbocycles. The Labute approximate surface area is 221 Å². The number of carboxylic acids is 1. The van der Waals surface area contributed by atoms with Crippen LogP contribution in [0.15, 0.2) is 48.5 Å². The van der Waals surface area contributed by atoms with E-state index >= 15 is 0 Å². The van der Waals surface area contributed by atoms with Crippen LogP contribution in [-0.2, 0) is 22.5 Å². The van der Waals surface area contributed by atoms with E-state index in [1.54, 1.807) is 29.5 Å². The van der Waals surface area contributed by atoms with Gasteiger partial charge in [-0.15, -0.1) is 11.3 Å². The van der Waals surface area contributed by atoms with Crippen molar-refractivity contribution in [1.82, 2.24) is 5.32 Å². The van der Waals surface area contributed by atoms with Crippen LogP contribution in [0.2, 0.25) is 5.02 Å². The van der Waals surface area contributed by atoms with E-state index in [0.717, 1.165) is 21.6 Å². The standard InChI is InChI=1S/C28H32ClNO5S/c1-16(2)34-21-8-10-23(24(29)14-21)27(31)30-15-20-12-19(13-25(28(32)33)35-17(3)4)7-9-22(20)26-11-6-18(5)36-26/h6-12,14,16-17,25H,13,15H2,1-5H3,(H,30,31)(H,32,33). The van der Waals surface area contributed by atoms with Crippen molar-refractivity contribution in [2.75, 3.05) is 0 Å². The van der Waals surface area contributed by atoms with E-state index in [-0.39, 0.29) is 31.1 Å². The monoisotopic (exact) mass is 529 g/mol. The smallest absolute Gasteiger partial charge is 0.333 e. The second-order valence-electron chi connectivity index (χ2n) is 9.11. The molecule has 0 aliphatic rings. The SMILES string of the molecule is Cc1ccc(-c2ccc(CC(OC(C)C)C(=O)O)cc2CNC(=O)c2ccc(OC(C)C)cc2Cl)s1. The second-order valence-corrected chi connectivity index (χ2v) is 10.8. The minimum Gasteiger partial charge on any atom is -0.491 e. The Morgan fingerprint density at radius 3 is 2.36 bits per heavy atom. The van der Waals surface area contributed by atoms with Crippen molar-refractivity contribution in [3.8, 4) is 16.2 Å². The van der Waals surface area contributed by atoms with Crippen molar-refractivity contribution < 1.29 is 24.2 Å². The van der Waals surface area contributed by atoms with Crippen LogP contribution in [-0.4, -0.2) is 35.3 Å². The number of rotatable bonds is 11. The number of hydrogen-bond acceptors (Lipinski definition) is 5. The first-order valence-corrected chi connectivity index (χ1v) is 13.0. The van der Waals surface area contributed by atoms with Crippen LogP contribution in [0.1, 0.15) is 54.1 Å². The number of carbonyl (C=O) groups excluding carboxylic acids is 1. The molecule has 2 N–H and O–H groups in total. The van der Waals surface area contributed by atoms with Gasteiger partial charge in [0.05, 0.1) is 22.8 Å². The van der Waals surface area contributed by atoms with Gasteiger partial charge in [-0.1, -0.05) is 29.8 Å². The molecule has 3 aromatic rings. The quantitative estimate of drug-likeness (QED) is 0.295. The molecule has 2 aromatic carbocycles. The summed E-state index contributed by atoms with van der Waals surface area (Å²) in [4.78, 5) is 26.9. The lowest BCUT2D eigenvalue weighted by Gasteiger charge is -2.18. The van der Waals surface area contributed by atoms with E-state index in [1.165, 1.54) is 4.88 Å². The van der Waals surface area contributed by atoms with E-state index < -0.39 is 12.1 Å². The molecule has 8 heteroatoms. The molecular formula is C28H32ClNO5S. The van der Waals surface area contributed by atoms with Crippen molar-refractivity contribution >= 4 is 34.8 Å². The van der Waals surface area contributed by atoms with Crippen LogP contribution in [0.5, 0.6) is 5.75 Å². The van der Waals surface area contributed by atoms with Gasteiger partial charge in [0, 0.05) is 22.7 Å². The lowest BCUT2D eigenvalue weighted by molar-refractivity contribution is -0.153. The van der Waals surface area contributed by atoms with Crippen LogP contribution in [0.25, 0.3) is 10.4 Å². The molecule has 192 valence electrons. The number of hydrogen-bond donors (Lipinski definition) is 2. The predicted molar refractivity (Wildman–Crippen MR) is 144 cm³/mol. The molecule has 3 rings (SSSR count). The normalized spacial score (nSPS) is 12.1. The number of amides is 1. The first-order valence-electron chi connectivity index (χ1n) is 11.8. The number of carbonyl (C=O) groups is 2. The van der Waals surface area contributed by atoms with Gasteiger partial charge in [-0.05, 0) is 81.6 Å². The fourth-order valence-corrected chi connectivity index (χ4v) is 4.96. The molecular weight excluding hydrogens is 498 g/mol. The summed E-state index contributed by atoms with van der Waals surface area (Å²) in [6.07, 6.45) is -0.937. The third kappa shape index (κ3) is 7.56. The molecule has 0 spiro atoms. The highest BCUT2D eigenvalue weighted by atomic mass is 35.5. The van der Waals surface area contributed by atoms with Crippen LogP contribution in [0.4, 0.5) is 0 Å². The molecule has 36 heavy (non-hydrogen) atoms. The Balaban J connectivity index is 1.85. The zero-order valence-electron chi connectivity index (χ0n) is 21.1. The topological polar surface area (TPSA) is 84.9 Å². The molecule has 1 aromatic heterocycles. The molecule has 0 fully saturated rings. The van der Waals surface area contributed by atoms with Gasteiger partial charge in [-0.25, -0.2) is 4.79 Å². The van der Waals surface area contributed by atoms with E-state index in [2.05, 4.69) is 5.32 Å². The lowest BCUT2D eigenvalue weighted by atomic mass is 9.99. The predicted octanol–water partition coefficient (Wildman–Crippen LogP) is 6.51. The van der Waals surface area contributed by atoms with Gasteiger partial charge in [0.2, 0.25) is 0 Å². The fraction of sp³-hybridized carbons (Fsp3) is 0.357. The van der Waals surface area contributed by atoms with Gasteiger partial charge in [-0.3, -0.25) is 4.79 Å². The van der Waals surface area contributed by atoms with Crippen molar-refractivity contribution in [1.29, 1.82) is 0 Å². The second kappa shape index (κ2) is 12.4. The van der Waals surface area contributed by atoms with Gasteiger partial charge < -0.3 is 19.9 Å². The Bertz CT molecular complexity index is 1220. The molecule has 0 saturated carbocycles. The molecule has 0 radical (unpaired) electrons. The van der Waals surface area contributed by atoms with Crippen LogP contribution in [0.3, 0.4) is 0 Å². The number of ether oxygens (including phenoxy) is 2. The summed E-state index contributed by atoms with van der Waals surface area (Å²) in [5, 5.41) is 12.9. The number of thiophene rings is 1. The first-order chi connectivity index (χ1) is 17.0. The largest absolute Gasteiger partial charge is 0.491 e. The summed E-state index contributed by atoms with van der Waals surface area (Å²) in [6, 6.07) is 14.9. The highest BCUT2D eigenvalue weighted by Gasteiger charge is 2.21. The molecule has 0 bridgehead atoms. The average Bonchev–Trinajstić information content (AvgIpc) is 3.22. The van der Waals surface area contributed by atoms with Crippen molar-refractivity contribution in [2.45, 2.75) is 65.9 Å². The van der Waals surface area contributed by atoms with Crippen LogP contribution >= 0.6 is 22.9 Å². The van der Waals surface area contributed by atoms with E-state index in [4.69, 9.17) is 21.1 Å². The number of aryl methyl sites for hydroxylation is 1. The molecule has 0 aliphatic heterocycles. The van der Waals surface area contributed by atoms with Crippen molar-refractivity contribution in [2.24, 2.45) is 0 Å². The molecule has 1 amide bonds. The van der Waals surface area contributed by atoms with Gasteiger partial charge >= 0.3 is 5.97 Å². The third-order valence-electron chi connectivity index (χ3n) is 5.30. The Kier molecular flexibility index (Phi) is 9.54. The molecule has 1 unspecified atom stereocenters. The van der Waals surface area contributed by atoms with Gasteiger partial charge in [0.1, 0.15) is 5.75 Å². The molecule has 6 nitrogen and oxygen atoms in total. The minimum atomic E-state index is -1.00. The Hall–Kier alpha value is -2.87. The number of carboxylic acid groups (broad SMARTS) is 1. The summed E-state index contributed by atoms with van der Waals surface area (Å²) < 4.78 is 11.2. The molecule has 1 atom stereocenters. The number of halogens is 1. The maximum absolute atomic E-state index is 13.0. The van der Waals surface area contributed by atoms with Gasteiger partial charge in [0.25, 0.3) is 5.91 Å². The Morgan fingerprint density at radius 2 is 1.78 bits per heavy atom. The maximum Gasteiger partial charge on any atom is 0.333 e. The minimum absolute atomic E-state index is 0.000934. The van der Waals surface area contributed by atoms with Crippen molar-refractivity contribution in [3.05, 3.63) is 75.1 Å². The number of nitrogens with one attached hydrogen (secondary N) is 1. The summed E-state index contributed by atoms with van der Waals surface area (Å²) in [7, 11) is 0. The van der Waals surface area contributed by atoms with Crippen LogP contribution in [0, 0.1) is 6.92 Å². The zero-order chi connectivity index (χ0) is 26.4. The highest BCUT2D eigenvalue weighted by molar-refractivity contribution is 7.15. The number of benzene rings is 2. The van der Waals surface area contributed by atoms with Gasteiger partial charge in [-0.2, -0.15) is 0 Å². The third-order valence-corrected chi connectivity index (χ3v) is 6.65. The number of aliphatic carboxylic acids is 1. The van der Waals surface area contributed by atoms with Gasteiger partial charge in [0.15, 0.2) is 6.10 Å². The van der Waals surface area contributed by atoms with Crippen molar-refractivity contribution in [3.63, 3.8) is 0 Å². The van der Waals surface area contributed by atoms with E-state index in [0.29, 0.717) is 16.3 Å². The lowest BCUT2D eigenvalue weighted by Crippen LogP contribution is -2.29. The molecule has 0 saturated heterocycles. The summed E-state index contributed by atoms with van der Waals surface area (Å²) in [5.74, 6) is -0.705. The summed E-state index contributed by atoms with van der Waals surface area (Å²) >= 11 is 8.03. The maximum atomic E-state index is 13.0. The fourth-order valence-electron chi connectivity index (χ4n) is 3.77. The average molecular weight is 530 g/mol. The zero-order valence-corrected chi connectivity index (χ0v) is 22.7. The van der Waals surface area contributed by atoms with Crippen LogP contribution < -0.4 is 10.1 Å². The first kappa shape index (κ1) is 27.7. The van der Waals surface area contributed by atoms with E-state index in [9.17, 15) is 14.7 Å². The Morgan fingerprint density at radius 1 is 1.03 bits per heavy atom.